The molecule has 2 aromatic rings. The SMILES string of the molecule is CCCOc1ccc(C(=O)O)cc1NS(=O)(=O)c1ccnn1C. The number of aryl methyl sites for hydroxylation is 1. The molecule has 23 heavy (non-hydrogen) atoms. The molecule has 0 atom stereocenters. The number of hydrogen-bond acceptors (Lipinski definition) is 5. The van der Waals surface area contributed by atoms with Crippen molar-refractivity contribution >= 4 is 21.7 Å². The maximum Gasteiger partial charge on any atom is 0.335 e. The number of carboxylic acid groups (broad SMARTS) is 1. The van der Waals surface area contributed by atoms with Crippen molar-refractivity contribution in [3.8, 4) is 5.75 Å². The average Bonchev–Trinajstić information content (AvgIpc) is 2.92. The van der Waals surface area contributed by atoms with Gasteiger partial charge < -0.3 is 9.84 Å². The van der Waals surface area contributed by atoms with E-state index in [0.29, 0.717) is 6.61 Å². The Bertz CT molecular complexity index is 814. The van der Waals surface area contributed by atoms with Gasteiger partial charge in [-0.3, -0.25) is 9.40 Å². The molecule has 1 aromatic heterocycles. The van der Waals surface area contributed by atoms with Crippen molar-refractivity contribution in [2.45, 2.75) is 18.4 Å². The number of nitrogens with one attached hydrogen (secondary N) is 1. The number of rotatable bonds is 7. The van der Waals surface area contributed by atoms with Gasteiger partial charge in [0.1, 0.15) is 5.75 Å². The number of anilines is 1. The van der Waals surface area contributed by atoms with Gasteiger partial charge in [0.2, 0.25) is 0 Å². The van der Waals surface area contributed by atoms with E-state index < -0.39 is 16.0 Å². The van der Waals surface area contributed by atoms with Crippen LogP contribution in [0, 0.1) is 0 Å². The molecule has 0 spiro atoms. The van der Waals surface area contributed by atoms with Crippen LogP contribution < -0.4 is 9.46 Å². The van der Waals surface area contributed by atoms with Crippen LogP contribution in [0.4, 0.5) is 5.69 Å². The van der Waals surface area contributed by atoms with Crippen LogP contribution in [0.25, 0.3) is 0 Å². The van der Waals surface area contributed by atoms with E-state index >= 15 is 0 Å². The number of hydrogen-bond donors (Lipinski definition) is 2. The quantitative estimate of drug-likeness (QED) is 0.794. The van der Waals surface area contributed by atoms with Gasteiger partial charge in [0.05, 0.1) is 24.1 Å². The largest absolute Gasteiger partial charge is 0.491 e. The minimum Gasteiger partial charge on any atom is -0.491 e. The normalized spacial score (nSPS) is 11.2. The molecule has 2 N–H and O–H groups in total. The van der Waals surface area contributed by atoms with E-state index in [4.69, 9.17) is 9.84 Å². The van der Waals surface area contributed by atoms with Crippen LogP contribution in [0.1, 0.15) is 23.7 Å². The first-order valence-corrected chi connectivity index (χ1v) is 8.34. The fourth-order valence-corrected chi connectivity index (χ4v) is 3.09. The first-order valence-electron chi connectivity index (χ1n) is 6.86. The van der Waals surface area contributed by atoms with Crippen LogP contribution in [-0.4, -0.2) is 35.9 Å². The molecule has 2 rings (SSSR count). The van der Waals surface area contributed by atoms with Gasteiger partial charge in [-0.2, -0.15) is 13.5 Å². The van der Waals surface area contributed by atoms with Crippen LogP contribution in [0.5, 0.6) is 5.75 Å². The third-order valence-corrected chi connectivity index (χ3v) is 4.42. The van der Waals surface area contributed by atoms with Crippen molar-refractivity contribution in [2.75, 3.05) is 11.3 Å². The topological polar surface area (TPSA) is 111 Å². The molecule has 1 aromatic carbocycles. The van der Waals surface area contributed by atoms with E-state index in [9.17, 15) is 13.2 Å². The molecule has 0 bridgehead atoms. The lowest BCUT2D eigenvalue weighted by Gasteiger charge is -2.14. The summed E-state index contributed by atoms with van der Waals surface area (Å²) in [7, 11) is -2.42. The van der Waals surface area contributed by atoms with Gasteiger partial charge in [-0.15, -0.1) is 0 Å². The Morgan fingerprint density at radius 2 is 2.13 bits per heavy atom. The minimum absolute atomic E-state index is 0.0420. The molecular formula is C14H17N3O5S. The van der Waals surface area contributed by atoms with E-state index in [0.717, 1.165) is 6.42 Å². The summed E-state index contributed by atoms with van der Waals surface area (Å²) in [5.41, 5.74) is 0.0242. The molecule has 9 heteroatoms. The molecule has 0 saturated carbocycles. The highest BCUT2D eigenvalue weighted by Gasteiger charge is 2.21. The summed E-state index contributed by atoms with van der Waals surface area (Å²) in [6.07, 6.45) is 2.09. The van der Waals surface area contributed by atoms with Crippen LogP contribution in [0.3, 0.4) is 0 Å². The summed E-state index contributed by atoms with van der Waals surface area (Å²) in [5.74, 6) is -0.893. The number of benzene rings is 1. The van der Waals surface area contributed by atoms with Crippen molar-refractivity contribution in [1.82, 2.24) is 9.78 Å². The van der Waals surface area contributed by atoms with Crippen molar-refractivity contribution in [2.24, 2.45) is 7.05 Å². The van der Waals surface area contributed by atoms with Gasteiger partial charge in [-0.1, -0.05) is 6.92 Å². The van der Waals surface area contributed by atoms with Crippen LogP contribution in [0.2, 0.25) is 0 Å². The van der Waals surface area contributed by atoms with E-state index in [2.05, 4.69) is 9.82 Å². The number of aromatic carboxylic acids is 1. The standard InChI is InChI=1S/C14H17N3O5S/c1-3-8-22-12-5-4-10(14(18)19)9-11(12)16-23(20,21)13-6-7-15-17(13)2/h4-7,9,16H,3,8H2,1-2H3,(H,18,19). The van der Waals surface area contributed by atoms with Gasteiger partial charge in [-0.25, -0.2) is 4.79 Å². The van der Waals surface area contributed by atoms with Gasteiger partial charge in [0.25, 0.3) is 10.0 Å². The number of nitrogens with zero attached hydrogens (tertiary/aromatic N) is 2. The molecule has 0 aliphatic heterocycles. The van der Waals surface area contributed by atoms with Crippen molar-refractivity contribution in [3.05, 3.63) is 36.0 Å². The summed E-state index contributed by atoms with van der Waals surface area (Å²) in [6, 6.07) is 5.35. The first-order chi connectivity index (χ1) is 10.8. The third-order valence-electron chi connectivity index (χ3n) is 2.98. The lowest BCUT2D eigenvalue weighted by atomic mass is 10.2. The van der Waals surface area contributed by atoms with Crippen LogP contribution in [-0.2, 0) is 17.1 Å². The average molecular weight is 339 g/mol. The van der Waals surface area contributed by atoms with Crippen molar-refractivity contribution < 1.29 is 23.1 Å². The van der Waals surface area contributed by atoms with Gasteiger partial charge in [-0.05, 0) is 30.7 Å². The highest BCUT2D eigenvalue weighted by Crippen LogP contribution is 2.28. The molecule has 0 fully saturated rings. The Hall–Kier alpha value is -2.55. The summed E-state index contributed by atoms with van der Waals surface area (Å²) < 4.78 is 33.9. The van der Waals surface area contributed by atoms with E-state index in [1.165, 1.54) is 42.2 Å². The monoisotopic (exact) mass is 339 g/mol. The van der Waals surface area contributed by atoms with Gasteiger partial charge in [0, 0.05) is 7.05 Å². The maximum atomic E-state index is 12.4. The summed E-state index contributed by atoms with van der Waals surface area (Å²) >= 11 is 0. The first kappa shape index (κ1) is 16.8. The van der Waals surface area contributed by atoms with Gasteiger partial charge >= 0.3 is 5.97 Å². The molecule has 0 unspecified atom stereocenters. The Kier molecular flexibility index (Phi) is 4.89. The fraction of sp³-hybridized carbons (Fsp3) is 0.286. The second-order valence-electron chi connectivity index (χ2n) is 4.76. The molecule has 0 aliphatic rings. The summed E-state index contributed by atoms with van der Waals surface area (Å²) in [4.78, 5) is 11.1. The fourth-order valence-electron chi connectivity index (χ4n) is 1.90. The Morgan fingerprint density at radius 3 is 2.70 bits per heavy atom. The molecular weight excluding hydrogens is 322 g/mol. The zero-order valence-corrected chi connectivity index (χ0v) is 13.5. The number of sulfonamides is 1. The smallest absolute Gasteiger partial charge is 0.335 e. The minimum atomic E-state index is -3.91. The predicted octanol–water partition coefficient (Wildman–Crippen LogP) is 1.71. The zero-order chi connectivity index (χ0) is 17.0. The number of carboxylic acids is 1. The van der Waals surface area contributed by atoms with Crippen LogP contribution >= 0.6 is 0 Å². The number of carbonyl (C=O) groups is 1. The van der Waals surface area contributed by atoms with E-state index in [1.807, 2.05) is 6.92 Å². The van der Waals surface area contributed by atoms with Crippen LogP contribution in [0.15, 0.2) is 35.5 Å². The number of aromatic nitrogens is 2. The lowest BCUT2D eigenvalue weighted by Crippen LogP contribution is -2.17. The highest BCUT2D eigenvalue weighted by atomic mass is 32.2. The predicted molar refractivity (Wildman–Crippen MR) is 83.2 cm³/mol. The molecule has 8 nitrogen and oxygen atoms in total. The molecule has 0 amide bonds. The van der Waals surface area contributed by atoms with E-state index in [1.54, 1.807) is 0 Å². The highest BCUT2D eigenvalue weighted by molar-refractivity contribution is 7.92. The number of ether oxygens (including phenoxy) is 1. The Morgan fingerprint density at radius 1 is 1.39 bits per heavy atom. The Balaban J connectivity index is 2.41. The molecule has 124 valence electrons. The summed E-state index contributed by atoms with van der Waals surface area (Å²) in [6.45, 7) is 2.29. The molecule has 0 radical (unpaired) electrons. The molecule has 0 aliphatic carbocycles. The molecule has 1 heterocycles. The second-order valence-corrected chi connectivity index (χ2v) is 6.39. The third kappa shape index (κ3) is 3.81. The second kappa shape index (κ2) is 6.69. The van der Waals surface area contributed by atoms with Crippen molar-refractivity contribution in [3.63, 3.8) is 0 Å². The Labute approximate surface area is 133 Å². The van der Waals surface area contributed by atoms with E-state index in [-0.39, 0.29) is 22.0 Å². The summed E-state index contributed by atoms with van der Waals surface area (Å²) in [5, 5.41) is 12.8. The lowest BCUT2D eigenvalue weighted by molar-refractivity contribution is 0.0697. The maximum absolute atomic E-state index is 12.4. The van der Waals surface area contributed by atoms with Gasteiger partial charge in [0.15, 0.2) is 5.03 Å². The van der Waals surface area contributed by atoms with Crippen molar-refractivity contribution in [1.29, 1.82) is 0 Å². The zero-order valence-electron chi connectivity index (χ0n) is 12.7. The molecule has 0 saturated heterocycles.